The average molecular weight is 263 g/mol. The molecule has 1 atom stereocenters. The fourth-order valence-corrected chi connectivity index (χ4v) is 2.42. The predicted molar refractivity (Wildman–Crippen MR) is 82.5 cm³/mol. The van der Waals surface area contributed by atoms with Gasteiger partial charge < -0.3 is 10.5 Å². The van der Waals surface area contributed by atoms with E-state index in [1.807, 2.05) is 54.6 Å². The van der Waals surface area contributed by atoms with Crippen molar-refractivity contribution in [2.24, 2.45) is 0 Å². The van der Waals surface area contributed by atoms with Gasteiger partial charge in [-0.25, -0.2) is 0 Å². The van der Waals surface area contributed by atoms with Crippen molar-refractivity contribution in [3.63, 3.8) is 0 Å². The lowest BCUT2D eigenvalue weighted by Gasteiger charge is -2.33. The Labute approximate surface area is 119 Å². The van der Waals surface area contributed by atoms with Gasteiger partial charge in [0, 0.05) is 12.1 Å². The normalized spacial score (nSPS) is 20.8. The molecule has 1 aliphatic carbocycles. The van der Waals surface area contributed by atoms with Crippen molar-refractivity contribution in [3.8, 4) is 5.75 Å². The second-order valence-electron chi connectivity index (χ2n) is 4.92. The molecule has 0 spiro atoms. The van der Waals surface area contributed by atoms with Crippen LogP contribution >= 0.6 is 0 Å². The van der Waals surface area contributed by atoms with Gasteiger partial charge >= 0.3 is 0 Å². The largest absolute Gasteiger partial charge is 0.478 e. The Kier molecular flexibility index (Phi) is 3.30. The molecule has 0 saturated heterocycles. The van der Waals surface area contributed by atoms with Gasteiger partial charge in [-0.2, -0.15) is 0 Å². The van der Waals surface area contributed by atoms with E-state index in [0.29, 0.717) is 0 Å². The molecule has 0 heterocycles. The summed E-state index contributed by atoms with van der Waals surface area (Å²) in [6.45, 7) is 0. The zero-order valence-corrected chi connectivity index (χ0v) is 11.2. The first-order valence-electron chi connectivity index (χ1n) is 6.73. The fourth-order valence-electron chi connectivity index (χ4n) is 2.42. The molecule has 100 valence electrons. The van der Waals surface area contributed by atoms with Gasteiger partial charge in [-0.05, 0) is 35.9 Å². The molecule has 0 aliphatic heterocycles. The Morgan fingerprint density at radius 2 is 1.65 bits per heavy atom. The molecule has 20 heavy (non-hydrogen) atoms. The summed E-state index contributed by atoms with van der Waals surface area (Å²) >= 11 is 0. The number of benzene rings is 2. The SMILES string of the molecule is Nc1ccc(OC2(c3ccccc3)C=CC=CC2)cc1. The van der Waals surface area contributed by atoms with E-state index in [1.165, 1.54) is 0 Å². The monoisotopic (exact) mass is 263 g/mol. The van der Waals surface area contributed by atoms with Gasteiger partial charge in [0.15, 0.2) is 5.60 Å². The van der Waals surface area contributed by atoms with Crippen molar-refractivity contribution >= 4 is 5.69 Å². The molecule has 2 N–H and O–H groups in total. The Hall–Kier alpha value is -2.48. The van der Waals surface area contributed by atoms with Gasteiger partial charge in [-0.15, -0.1) is 0 Å². The van der Waals surface area contributed by atoms with Gasteiger partial charge in [0.1, 0.15) is 5.75 Å². The maximum Gasteiger partial charge on any atom is 0.156 e. The summed E-state index contributed by atoms with van der Waals surface area (Å²) in [5.41, 5.74) is 7.18. The van der Waals surface area contributed by atoms with Crippen LogP contribution in [-0.4, -0.2) is 0 Å². The molecule has 2 aromatic rings. The second-order valence-corrected chi connectivity index (χ2v) is 4.92. The van der Waals surface area contributed by atoms with Crippen molar-refractivity contribution in [1.82, 2.24) is 0 Å². The Morgan fingerprint density at radius 1 is 0.900 bits per heavy atom. The van der Waals surface area contributed by atoms with Gasteiger partial charge in [0.25, 0.3) is 0 Å². The maximum absolute atomic E-state index is 6.29. The number of allylic oxidation sites excluding steroid dienone is 2. The molecule has 3 rings (SSSR count). The summed E-state index contributed by atoms with van der Waals surface area (Å²) in [5, 5.41) is 0. The number of hydrogen-bond acceptors (Lipinski definition) is 2. The standard InChI is InChI=1S/C18H17NO/c19-16-9-11-17(12-10-16)20-18(13-5-2-6-14-18)15-7-3-1-4-8-15/h1-13H,14,19H2. The Morgan fingerprint density at radius 3 is 2.30 bits per heavy atom. The molecule has 1 unspecified atom stereocenters. The summed E-state index contributed by atoms with van der Waals surface area (Å²) in [6.07, 6.45) is 9.14. The highest BCUT2D eigenvalue weighted by Crippen LogP contribution is 2.35. The number of hydrogen-bond donors (Lipinski definition) is 1. The first-order chi connectivity index (χ1) is 9.78. The minimum Gasteiger partial charge on any atom is -0.478 e. The van der Waals surface area contributed by atoms with Gasteiger partial charge in [0.05, 0.1) is 0 Å². The summed E-state index contributed by atoms with van der Waals surface area (Å²) < 4.78 is 6.29. The topological polar surface area (TPSA) is 35.2 Å². The van der Waals surface area contributed by atoms with E-state index < -0.39 is 5.60 Å². The van der Waals surface area contributed by atoms with Crippen LogP contribution in [0.1, 0.15) is 12.0 Å². The second kappa shape index (κ2) is 5.25. The predicted octanol–water partition coefficient (Wildman–Crippen LogP) is 4.06. The minimum absolute atomic E-state index is 0.438. The third kappa shape index (κ3) is 2.45. The van der Waals surface area contributed by atoms with Crippen molar-refractivity contribution in [3.05, 3.63) is 84.5 Å². The molecule has 0 fully saturated rings. The number of nitrogen functional groups attached to an aromatic ring is 1. The van der Waals surface area contributed by atoms with Gasteiger partial charge in [-0.1, -0.05) is 48.6 Å². The molecule has 1 aliphatic rings. The molecule has 0 aromatic heterocycles. The van der Waals surface area contributed by atoms with E-state index in [2.05, 4.69) is 24.3 Å². The Bertz CT molecular complexity index is 628. The summed E-state index contributed by atoms with van der Waals surface area (Å²) in [4.78, 5) is 0. The first kappa shape index (κ1) is 12.5. The fraction of sp³-hybridized carbons (Fsp3) is 0.111. The van der Waals surface area contributed by atoms with E-state index >= 15 is 0 Å². The van der Waals surface area contributed by atoms with Crippen LogP contribution in [0, 0.1) is 0 Å². The maximum atomic E-state index is 6.29. The van der Waals surface area contributed by atoms with E-state index in [-0.39, 0.29) is 0 Å². The van der Waals surface area contributed by atoms with Crippen molar-refractivity contribution in [2.75, 3.05) is 5.73 Å². The van der Waals surface area contributed by atoms with Gasteiger partial charge in [0.2, 0.25) is 0 Å². The molecular formula is C18H17NO. The molecule has 2 aromatic carbocycles. The van der Waals surface area contributed by atoms with E-state index in [9.17, 15) is 0 Å². The Balaban J connectivity index is 1.97. The number of anilines is 1. The minimum atomic E-state index is -0.438. The van der Waals surface area contributed by atoms with E-state index in [0.717, 1.165) is 23.4 Å². The highest BCUT2D eigenvalue weighted by molar-refractivity contribution is 5.43. The number of ether oxygens (including phenoxy) is 1. The van der Waals surface area contributed by atoms with Crippen LogP contribution in [0.2, 0.25) is 0 Å². The molecule has 0 radical (unpaired) electrons. The lowest BCUT2D eigenvalue weighted by atomic mass is 9.87. The number of nitrogens with two attached hydrogens (primary N) is 1. The highest BCUT2D eigenvalue weighted by Gasteiger charge is 2.31. The zero-order valence-electron chi connectivity index (χ0n) is 11.2. The van der Waals surface area contributed by atoms with Crippen molar-refractivity contribution in [1.29, 1.82) is 0 Å². The lowest BCUT2D eigenvalue weighted by molar-refractivity contribution is 0.121. The molecule has 0 amide bonds. The third-order valence-electron chi connectivity index (χ3n) is 3.48. The van der Waals surface area contributed by atoms with Crippen molar-refractivity contribution < 1.29 is 4.74 Å². The van der Waals surface area contributed by atoms with Crippen LogP contribution < -0.4 is 10.5 Å². The molecule has 2 nitrogen and oxygen atoms in total. The van der Waals surface area contributed by atoms with Crippen LogP contribution in [0.5, 0.6) is 5.75 Å². The molecule has 0 bridgehead atoms. The highest BCUT2D eigenvalue weighted by atomic mass is 16.5. The third-order valence-corrected chi connectivity index (χ3v) is 3.48. The summed E-state index contributed by atoms with van der Waals surface area (Å²) in [6, 6.07) is 17.8. The lowest BCUT2D eigenvalue weighted by Crippen LogP contribution is -2.31. The zero-order chi connectivity index (χ0) is 13.8. The van der Waals surface area contributed by atoms with Crippen LogP contribution in [0.3, 0.4) is 0 Å². The quantitative estimate of drug-likeness (QED) is 0.847. The first-order valence-corrected chi connectivity index (χ1v) is 6.73. The molecular weight excluding hydrogens is 246 g/mol. The van der Waals surface area contributed by atoms with Crippen LogP contribution in [0.4, 0.5) is 5.69 Å². The molecule has 2 heteroatoms. The van der Waals surface area contributed by atoms with Gasteiger partial charge in [-0.3, -0.25) is 0 Å². The average Bonchev–Trinajstić information content (AvgIpc) is 2.52. The van der Waals surface area contributed by atoms with Crippen molar-refractivity contribution in [2.45, 2.75) is 12.0 Å². The summed E-state index contributed by atoms with van der Waals surface area (Å²) in [7, 11) is 0. The van der Waals surface area contributed by atoms with Crippen LogP contribution in [0.25, 0.3) is 0 Å². The van der Waals surface area contributed by atoms with E-state index in [4.69, 9.17) is 10.5 Å². The molecule has 0 saturated carbocycles. The van der Waals surface area contributed by atoms with E-state index in [1.54, 1.807) is 0 Å². The summed E-state index contributed by atoms with van der Waals surface area (Å²) in [5.74, 6) is 0.822. The van der Waals surface area contributed by atoms with Crippen LogP contribution in [-0.2, 0) is 5.60 Å². The smallest absolute Gasteiger partial charge is 0.156 e. The number of rotatable bonds is 3. The van der Waals surface area contributed by atoms with Crippen LogP contribution in [0.15, 0.2) is 78.9 Å².